The fraction of sp³-hybridized carbons (Fsp3) is 0.333. The monoisotopic (exact) mass is 305 g/mol. The second kappa shape index (κ2) is 7.58. The lowest BCUT2D eigenvalue weighted by Gasteiger charge is -2.26. The summed E-state index contributed by atoms with van der Waals surface area (Å²) in [5.41, 5.74) is 2.11. The summed E-state index contributed by atoms with van der Waals surface area (Å²) in [4.78, 5) is 0. The highest BCUT2D eigenvalue weighted by Gasteiger charge is 2.19. The Balaban J connectivity index is 2.19. The molecule has 0 fully saturated rings. The maximum atomic E-state index is 13.4. The molecular formula is C18H21ClFN. The van der Waals surface area contributed by atoms with Gasteiger partial charge in [0.1, 0.15) is 5.82 Å². The van der Waals surface area contributed by atoms with Gasteiger partial charge in [-0.15, -0.1) is 0 Å². The lowest BCUT2D eigenvalue weighted by Crippen LogP contribution is -2.28. The molecule has 0 aliphatic rings. The van der Waals surface area contributed by atoms with E-state index in [1.165, 1.54) is 17.7 Å². The van der Waals surface area contributed by atoms with E-state index in [4.69, 9.17) is 11.6 Å². The average molecular weight is 306 g/mol. The van der Waals surface area contributed by atoms with Gasteiger partial charge >= 0.3 is 0 Å². The molecule has 21 heavy (non-hydrogen) atoms. The smallest absolute Gasteiger partial charge is 0.123 e. The Morgan fingerprint density at radius 3 is 2.52 bits per heavy atom. The van der Waals surface area contributed by atoms with Gasteiger partial charge in [-0.25, -0.2) is 4.39 Å². The molecule has 112 valence electrons. The van der Waals surface area contributed by atoms with Gasteiger partial charge in [-0.2, -0.15) is 0 Å². The Morgan fingerprint density at radius 2 is 1.86 bits per heavy atom. The zero-order chi connectivity index (χ0) is 15.2. The van der Waals surface area contributed by atoms with Crippen LogP contribution in [0.2, 0.25) is 5.02 Å². The number of nitrogens with one attached hydrogen (secondary N) is 1. The Morgan fingerprint density at radius 1 is 1.14 bits per heavy atom. The van der Waals surface area contributed by atoms with Crippen molar-refractivity contribution in [2.75, 3.05) is 6.54 Å². The summed E-state index contributed by atoms with van der Waals surface area (Å²) in [6.07, 6.45) is 0.739. The van der Waals surface area contributed by atoms with Gasteiger partial charge in [0.05, 0.1) is 0 Å². The summed E-state index contributed by atoms with van der Waals surface area (Å²) in [6, 6.07) is 15.1. The van der Waals surface area contributed by atoms with E-state index in [0.717, 1.165) is 18.5 Å². The van der Waals surface area contributed by atoms with E-state index < -0.39 is 0 Å². The van der Waals surface area contributed by atoms with Crippen molar-refractivity contribution in [3.8, 4) is 0 Å². The summed E-state index contributed by atoms with van der Waals surface area (Å²) < 4.78 is 13.4. The number of hydrogen-bond acceptors (Lipinski definition) is 1. The van der Waals surface area contributed by atoms with Crippen LogP contribution >= 0.6 is 11.6 Å². The lowest BCUT2D eigenvalue weighted by atomic mass is 9.89. The predicted octanol–water partition coefficient (Wildman–Crippen LogP) is 5.01. The van der Waals surface area contributed by atoms with Gasteiger partial charge in [0.25, 0.3) is 0 Å². The Bertz CT molecular complexity index is 571. The molecule has 1 nitrogen and oxygen atoms in total. The number of rotatable bonds is 6. The third-order valence-corrected chi connectivity index (χ3v) is 4.07. The molecule has 2 aromatic rings. The zero-order valence-electron chi connectivity index (χ0n) is 12.4. The highest BCUT2D eigenvalue weighted by atomic mass is 35.5. The van der Waals surface area contributed by atoms with Crippen molar-refractivity contribution in [3.63, 3.8) is 0 Å². The topological polar surface area (TPSA) is 12.0 Å². The van der Waals surface area contributed by atoms with Crippen molar-refractivity contribution in [2.24, 2.45) is 5.92 Å². The molecule has 0 aromatic heterocycles. The molecule has 2 atom stereocenters. The van der Waals surface area contributed by atoms with Crippen LogP contribution in [0.1, 0.15) is 31.0 Å². The Hall–Kier alpha value is -1.38. The Labute approximate surface area is 131 Å². The molecule has 2 rings (SSSR count). The molecular weight excluding hydrogens is 285 g/mol. The molecule has 1 N–H and O–H groups in total. The van der Waals surface area contributed by atoms with E-state index in [1.54, 1.807) is 6.07 Å². The fourth-order valence-corrected chi connectivity index (χ4v) is 2.89. The largest absolute Gasteiger partial charge is 0.310 e. The quantitative estimate of drug-likeness (QED) is 0.791. The fourth-order valence-electron chi connectivity index (χ4n) is 2.69. The molecule has 3 heteroatoms. The first-order chi connectivity index (χ1) is 10.1. The van der Waals surface area contributed by atoms with Gasteiger partial charge in [0, 0.05) is 11.1 Å². The molecule has 0 saturated heterocycles. The molecule has 0 radical (unpaired) electrons. The second-order valence-corrected chi connectivity index (χ2v) is 5.77. The van der Waals surface area contributed by atoms with E-state index in [9.17, 15) is 4.39 Å². The van der Waals surface area contributed by atoms with Crippen LogP contribution in [-0.2, 0) is 6.42 Å². The SMILES string of the molecule is CCNC(c1ccccc1)C(C)Cc1cc(F)ccc1Cl. The molecule has 0 spiro atoms. The van der Waals surface area contributed by atoms with Crippen molar-refractivity contribution in [2.45, 2.75) is 26.3 Å². The molecule has 0 bridgehead atoms. The average Bonchev–Trinajstić information content (AvgIpc) is 2.49. The minimum atomic E-state index is -0.235. The van der Waals surface area contributed by atoms with Crippen LogP contribution in [0.3, 0.4) is 0 Å². The first-order valence-corrected chi connectivity index (χ1v) is 7.72. The Kier molecular flexibility index (Phi) is 5.77. The van der Waals surface area contributed by atoms with Gasteiger partial charge in [-0.3, -0.25) is 0 Å². The highest BCUT2D eigenvalue weighted by Crippen LogP contribution is 2.28. The minimum absolute atomic E-state index is 0.232. The van der Waals surface area contributed by atoms with Crippen molar-refractivity contribution in [1.29, 1.82) is 0 Å². The van der Waals surface area contributed by atoms with E-state index in [0.29, 0.717) is 10.9 Å². The third kappa shape index (κ3) is 4.29. The van der Waals surface area contributed by atoms with Crippen LogP contribution in [0.4, 0.5) is 4.39 Å². The summed E-state index contributed by atoms with van der Waals surface area (Å²) >= 11 is 6.18. The van der Waals surface area contributed by atoms with E-state index >= 15 is 0 Å². The van der Waals surface area contributed by atoms with Crippen molar-refractivity contribution in [1.82, 2.24) is 5.32 Å². The van der Waals surface area contributed by atoms with Crippen molar-refractivity contribution in [3.05, 3.63) is 70.5 Å². The summed E-state index contributed by atoms with van der Waals surface area (Å²) in [7, 11) is 0. The summed E-state index contributed by atoms with van der Waals surface area (Å²) in [5, 5.41) is 4.15. The van der Waals surface area contributed by atoms with Crippen molar-refractivity contribution < 1.29 is 4.39 Å². The minimum Gasteiger partial charge on any atom is -0.310 e. The number of halogens is 2. The maximum Gasteiger partial charge on any atom is 0.123 e. The lowest BCUT2D eigenvalue weighted by molar-refractivity contribution is 0.391. The second-order valence-electron chi connectivity index (χ2n) is 5.36. The molecule has 0 amide bonds. The van der Waals surface area contributed by atoms with Gasteiger partial charge < -0.3 is 5.32 Å². The predicted molar refractivity (Wildman–Crippen MR) is 87.1 cm³/mol. The van der Waals surface area contributed by atoms with Crippen LogP contribution in [0.25, 0.3) is 0 Å². The maximum absolute atomic E-state index is 13.4. The zero-order valence-corrected chi connectivity index (χ0v) is 13.2. The number of benzene rings is 2. The molecule has 0 aliphatic carbocycles. The summed E-state index contributed by atoms with van der Waals surface area (Å²) in [6.45, 7) is 5.15. The first kappa shape index (κ1) is 16.0. The van der Waals surface area contributed by atoms with Gasteiger partial charge in [-0.1, -0.05) is 55.8 Å². The van der Waals surface area contributed by atoms with Crippen LogP contribution in [0.15, 0.2) is 48.5 Å². The molecule has 0 saturated carbocycles. The van der Waals surface area contributed by atoms with Crippen LogP contribution in [0.5, 0.6) is 0 Å². The van der Waals surface area contributed by atoms with E-state index in [-0.39, 0.29) is 11.9 Å². The third-order valence-electron chi connectivity index (χ3n) is 3.70. The molecule has 2 unspecified atom stereocenters. The van der Waals surface area contributed by atoms with E-state index in [2.05, 4.69) is 31.3 Å². The van der Waals surface area contributed by atoms with Crippen molar-refractivity contribution >= 4 is 11.6 Å². The number of hydrogen-bond donors (Lipinski definition) is 1. The summed E-state index contributed by atoms with van der Waals surface area (Å²) in [5.74, 6) is 0.0768. The standard InChI is InChI=1S/C18H21ClFN/c1-3-21-18(14-7-5-4-6-8-14)13(2)11-15-12-16(20)9-10-17(15)19/h4-10,12-13,18,21H,3,11H2,1-2H3. The van der Waals surface area contributed by atoms with Crippen LogP contribution < -0.4 is 5.32 Å². The first-order valence-electron chi connectivity index (χ1n) is 7.34. The van der Waals surface area contributed by atoms with Gasteiger partial charge in [0.2, 0.25) is 0 Å². The van der Waals surface area contributed by atoms with Crippen LogP contribution in [0, 0.1) is 11.7 Å². The normalized spacial score (nSPS) is 13.9. The highest BCUT2D eigenvalue weighted by molar-refractivity contribution is 6.31. The molecule has 0 aliphatic heterocycles. The van der Waals surface area contributed by atoms with Crippen LogP contribution in [-0.4, -0.2) is 6.54 Å². The molecule has 0 heterocycles. The van der Waals surface area contributed by atoms with Gasteiger partial charge in [-0.05, 0) is 48.2 Å². The van der Waals surface area contributed by atoms with Gasteiger partial charge in [0.15, 0.2) is 0 Å². The molecule has 2 aromatic carbocycles. The van der Waals surface area contributed by atoms with E-state index in [1.807, 2.05) is 18.2 Å².